The van der Waals surface area contributed by atoms with Gasteiger partial charge in [-0.2, -0.15) is 4.98 Å². The van der Waals surface area contributed by atoms with Gasteiger partial charge in [0.2, 0.25) is 5.82 Å². The molecule has 2 aromatic heterocycles. The van der Waals surface area contributed by atoms with Crippen molar-refractivity contribution >= 4 is 34.8 Å². The van der Waals surface area contributed by atoms with E-state index in [-0.39, 0.29) is 11.9 Å². The average Bonchev–Trinajstić information content (AvgIpc) is 3.16. The van der Waals surface area contributed by atoms with Crippen molar-refractivity contribution in [1.82, 2.24) is 19.6 Å². The highest BCUT2D eigenvalue weighted by molar-refractivity contribution is 6.02. The zero-order valence-corrected chi connectivity index (χ0v) is 15.5. The normalized spacial score (nSPS) is 10.5. The second kappa shape index (κ2) is 7.77. The van der Waals surface area contributed by atoms with Crippen LogP contribution in [0.1, 0.15) is 16.3 Å². The molecule has 3 N–H and O–H groups in total. The number of nitrogens with one attached hydrogen (secondary N) is 3. The lowest BCUT2D eigenvalue weighted by atomic mass is 10.2. The van der Waals surface area contributed by atoms with Gasteiger partial charge in [-0.1, -0.05) is 18.2 Å². The third-order valence-electron chi connectivity index (χ3n) is 4.07. The fourth-order valence-corrected chi connectivity index (χ4v) is 2.64. The molecule has 4 aromatic rings. The molecule has 0 saturated carbocycles. The van der Waals surface area contributed by atoms with E-state index in [1.807, 2.05) is 25.1 Å². The van der Waals surface area contributed by atoms with Gasteiger partial charge >= 0.3 is 6.03 Å². The standard InChI is InChI=1S/C20H17N7O2/c1-13-11-12-21-19-25-17(26-27(13)19)18(28)22-15-7-9-16(10-8-15)24-20(29)23-14-5-3-2-4-6-14/h2-12H,1H3,(H,22,28)(H2,23,24,29). The van der Waals surface area contributed by atoms with E-state index in [1.54, 1.807) is 48.7 Å². The molecule has 2 heterocycles. The SMILES string of the molecule is Cc1ccnc2nc(C(=O)Nc3ccc(NC(=O)Nc4ccccc4)cc3)nn12. The van der Waals surface area contributed by atoms with Gasteiger partial charge in [-0.05, 0) is 49.4 Å². The van der Waals surface area contributed by atoms with Crippen molar-refractivity contribution < 1.29 is 9.59 Å². The Morgan fingerprint density at radius 2 is 1.45 bits per heavy atom. The molecule has 0 atom stereocenters. The Labute approximate surface area is 165 Å². The van der Waals surface area contributed by atoms with Crippen molar-refractivity contribution in [2.75, 3.05) is 16.0 Å². The zero-order valence-electron chi connectivity index (χ0n) is 15.5. The van der Waals surface area contributed by atoms with Gasteiger partial charge in [0, 0.05) is 29.0 Å². The lowest BCUT2D eigenvalue weighted by Gasteiger charge is -2.08. The van der Waals surface area contributed by atoms with E-state index < -0.39 is 5.91 Å². The van der Waals surface area contributed by atoms with Crippen LogP contribution in [0.15, 0.2) is 66.9 Å². The number of hydrogen-bond acceptors (Lipinski definition) is 5. The maximum atomic E-state index is 12.4. The number of rotatable bonds is 4. The number of amides is 3. The number of fused-ring (bicyclic) bond motifs is 1. The molecule has 2 aromatic carbocycles. The number of nitrogens with zero attached hydrogens (tertiary/aromatic N) is 4. The van der Waals surface area contributed by atoms with Crippen molar-refractivity contribution in [3.05, 3.63) is 78.4 Å². The summed E-state index contributed by atoms with van der Waals surface area (Å²) in [7, 11) is 0. The first-order chi connectivity index (χ1) is 14.1. The van der Waals surface area contributed by atoms with Crippen LogP contribution in [0.5, 0.6) is 0 Å². The first-order valence-corrected chi connectivity index (χ1v) is 8.81. The fourth-order valence-electron chi connectivity index (χ4n) is 2.64. The summed E-state index contributed by atoms with van der Waals surface area (Å²) in [5.74, 6) is -0.0622. The number of aromatic nitrogens is 4. The van der Waals surface area contributed by atoms with E-state index in [0.29, 0.717) is 22.8 Å². The third-order valence-corrected chi connectivity index (χ3v) is 4.07. The van der Waals surface area contributed by atoms with E-state index in [0.717, 1.165) is 5.69 Å². The van der Waals surface area contributed by atoms with Crippen LogP contribution in [0, 0.1) is 6.92 Å². The van der Waals surface area contributed by atoms with Crippen LogP contribution in [0.4, 0.5) is 21.9 Å². The molecular formula is C20H17N7O2. The Bertz CT molecular complexity index is 1170. The van der Waals surface area contributed by atoms with E-state index >= 15 is 0 Å². The number of carbonyl (C=O) groups is 2. The van der Waals surface area contributed by atoms with Gasteiger partial charge in [0.05, 0.1) is 0 Å². The Hall–Kier alpha value is -4.27. The summed E-state index contributed by atoms with van der Waals surface area (Å²) in [6.45, 7) is 1.85. The largest absolute Gasteiger partial charge is 0.323 e. The second-order valence-electron chi connectivity index (χ2n) is 6.21. The van der Waals surface area contributed by atoms with E-state index in [4.69, 9.17) is 0 Å². The molecule has 29 heavy (non-hydrogen) atoms. The minimum Gasteiger partial charge on any atom is -0.319 e. The number of aryl methyl sites for hydroxylation is 1. The van der Waals surface area contributed by atoms with Crippen LogP contribution in [0.3, 0.4) is 0 Å². The smallest absolute Gasteiger partial charge is 0.319 e. The number of para-hydroxylation sites is 1. The van der Waals surface area contributed by atoms with Crippen LogP contribution in [-0.4, -0.2) is 31.5 Å². The highest BCUT2D eigenvalue weighted by Crippen LogP contribution is 2.15. The highest BCUT2D eigenvalue weighted by atomic mass is 16.2. The maximum absolute atomic E-state index is 12.4. The lowest BCUT2D eigenvalue weighted by Crippen LogP contribution is -2.19. The van der Waals surface area contributed by atoms with Crippen molar-refractivity contribution in [3.63, 3.8) is 0 Å². The summed E-state index contributed by atoms with van der Waals surface area (Å²) >= 11 is 0. The number of hydrogen-bond donors (Lipinski definition) is 3. The van der Waals surface area contributed by atoms with E-state index in [1.165, 1.54) is 4.52 Å². The van der Waals surface area contributed by atoms with Gasteiger partial charge in [-0.3, -0.25) is 4.79 Å². The number of carbonyl (C=O) groups excluding carboxylic acids is 2. The Kier molecular flexibility index (Phi) is 4.85. The molecule has 0 aliphatic heterocycles. The molecular weight excluding hydrogens is 370 g/mol. The van der Waals surface area contributed by atoms with Gasteiger partial charge in [0.15, 0.2) is 0 Å². The zero-order chi connectivity index (χ0) is 20.2. The van der Waals surface area contributed by atoms with Crippen LogP contribution in [0.2, 0.25) is 0 Å². The molecule has 3 amide bonds. The van der Waals surface area contributed by atoms with Gasteiger partial charge in [0.25, 0.3) is 11.7 Å². The molecule has 0 aliphatic carbocycles. The van der Waals surface area contributed by atoms with Crippen LogP contribution in [0.25, 0.3) is 5.78 Å². The molecule has 9 heteroatoms. The van der Waals surface area contributed by atoms with Crippen LogP contribution >= 0.6 is 0 Å². The number of urea groups is 1. The van der Waals surface area contributed by atoms with Crippen LogP contribution < -0.4 is 16.0 Å². The highest BCUT2D eigenvalue weighted by Gasteiger charge is 2.14. The minimum absolute atomic E-state index is 0.0243. The van der Waals surface area contributed by atoms with Crippen molar-refractivity contribution in [1.29, 1.82) is 0 Å². The predicted molar refractivity (Wildman–Crippen MR) is 109 cm³/mol. The Morgan fingerprint density at radius 1 is 0.828 bits per heavy atom. The first kappa shape index (κ1) is 18.1. The van der Waals surface area contributed by atoms with Crippen molar-refractivity contribution in [2.24, 2.45) is 0 Å². The van der Waals surface area contributed by atoms with Crippen molar-refractivity contribution in [2.45, 2.75) is 6.92 Å². The number of benzene rings is 2. The predicted octanol–water partition coefficient (Wildman–Crippen LogP) is 3.33. The molecule has 0 bridgehead atoms. The molecule has 0 saturated heterocycles. The summed E-state index contributed by atoms with van der Waals surface area (Å²) in [5, 5.41) is 12.4. The molecule has 0 unspecified atom stereocenters. The lowest BCUT2D eigenvalue weighted by molar-refractivity contribution is 0.101. The topological polar surface area (TPSA) is 113 Å². The molecule has 0 radical (unpaired) electrons. The monoisotopic (exact) mass is 387 g/mol. The quantitative estimate of drug-likeness (QED) is 0.497. The van der Waals surface area contributed by atoms with Gasteiger partial charge in [-0.15, -0.1) is 5.10 Å². The summed E-state index contributed by atoms with van der Waals surface area (Å²) in [6.07, 6.45) is 1.61. The molecule has 4 rings (SSSR count). The molecule has 9 nitrogen and oxygen atoms in total. The third kappa shape index (κ3) is 4.19. The van der Waals surface area contributed by atoms with E-state index in [9.17, 15) is 9.59 Å². The fraction of sp³-hybridized carbons (Fsp3) is 0.0500. The molecule has 144 valence electrons. The summed E-state index contributed by atoms with van der Waals surface area (Å²) in [5.41, 5.74) is 2.65. The molecule has 0 aliphatic rings. The summed E-state index contributed by atoms with van der Waals surface area (Å²) in [4.78, 5) is 32.6. The minimum atomic E-state index is -0.447. The number of anilines is 3. The summed E-state index contributed by atoms with van der Waals surface area (Å²) < 4.78 is 1.51. The Morgan fingerprint density at radius 3 is 2.10 bits per heavy atom. The van der Waals surface area contributed by atoms with Crippen LogP contribution in [-0.2, 0) is 0 Å². The first-order valence-electron chi connectivity index (χ1n) is 8.81. The Balaban J connectivity index is 1.39. The summed E-state index contributed by atoms with van der Waals surface area (Å²) in [6, 6.07) is 17.3. The van der Waals surface area contributed by atoms with Crippen molar-refractivity contribution in [3.8, 4) is 0 Å². The second-order valence-corrected chi connectivity index (χ2v) is 6.21. The van der Waals surface area contributed by atoms with Gasteiger partial charge in [0.1, 0.15) is 0 Å². The molecule has 0 fully saturated rings. The molecule has 0 spiro atoms. The van der Waals surface area contributed by atoms with Gasteiger partial charge < -0.3 is 16.0 Å². The van der Waals surface area contributed by atoms with E-state index in [2.05, 4.69) is 31.0 Å². The maximum Gasteiger partial charge on any atom is 0.323 e. The van der Waals surface area contributed by atoms with Gasteiger partial charge in [-0.25, -0.2) is 14.3 Å². The average molecular weight is 387 g/mol.